The Morgan fingerprint density at radius 2 is 1.88 bits per heavy atom. The van der Waals surface area contributed by atoms with Gasteiger partial charge in [0.1, 0.15) is 0 Å². The molecule has 88 valence electrons. The highest BCUT2D eigenvalue weighted by molar-refractivity contribution is 8.00. The van der Waals surface area contributed by atoms with E-state index in [1.54, 1.807) is 11.8 Å². The quantitative estimate of drug-likeness (QED) is 0.747. The van der Waals surface area contributed by atoms with Gasteiger partial charge in [-0.1, -0.05) is 30.0 Å². The summed E-state index contributed by atoms with van der Waals surface area (Å²) < 4.78 is 5.46. The van der Waals surface area contributed by atoms with Gasteiger partial charge in [-0.3, -0.25) is 0 Å². The van der Waals surface area contributed by atoms with Gasteiger partial charge < -0.3 is 4.74 Å². The summed E-state index contributed by atoms with van der Waals surface area (Å²) in [5, 5.41) is 0. The number of thioether (sulfide) groups is 1. The maximum Gasteiger partial charge on any atom is 0.335 e. The lowest BCUT2D eigenvalue weighted by Gasteiger charge is -2.15. The predicted molar refractivity (Wildman–Crippen MR) is 67.7 cm³/mol. The molecule has 1 aromatic carbocycles. The zero-order valence-corrected chi connectivity index (χ0v) is 10.3. The van der Waals surface area contributed by atoms with Crippen LogP contribution in [0.3, 0.4) is 0 Å². The predicted octanol–water partition coefficient (Wildman–Crippen LogP) is 3.53. The first kappa shape index (κ1) is 10.9. The minimum absolute atomic E-state index is 0.0831. The third kappa shape index (κ3) is 2.12. The van der Waals surface area contributed by atoms with Crippen LogP contribution < -0.4 is 0 Å². The minimum Gasteiger partial charge on any atom is -0.443 e. The number of carbonyl (C=O) groups is 1. The van der Waals surface area contributed by atoms with Crippen LogP contribution in [0, 0.1) is 0 Å². The SMILES string of the molecule is O=C1OC(Sc2ccccc2)C2=C1CCCC2. The van der Waals surface area contributed by atoms with Gasteiger partial charge in [0.2, 0.25) is 0 Å². The van der Waals surface area contributed by atoms with Crippen molar-refractivity contribution in [1.82, 2.24) is 0 Å². The second-order valence-corrected chi connectivity index (χ2v) is 5.51. The van der Waals surface area contributed by atoms with E-state index in [1.165, 1.54) is 12.0 Å². The zero-order chi connectivity index (χ0) is 11.7. The lowest BCUT2D eigenvalue weighted by molar-refractivity contribution is -0.137. The zero-order valence-electron chi connectivity index (χ0n) is 9.52. The van der Waals surface area contributed by atoms with E-state index in [-0.39, 0.29) is 11.4 Å². The van der Waals surface area contributed by atoms with Crippen molar-refractivity contribution in [2.75, 3.05) is 0 Å². The topological polar surface area (TPSA) is 26.3 Å². The molecule has 1 aliphatic heterocycles. The Balaban J connectivity index is 1.81. The molecule has 1 heterocycles. The third-order valence-electron chi connectivity index (χ3n) is 3.24. The van der Waals surface area contributed by atoms with Gasteiger partial charge in [-0.2, -0.15) is 0 Å². The largest absolute Gasteiger partial charge is 0.443 e. The molecule has 3 heteroatoms. The van der Waals surface area contributed by atoms with E-state index < -0.39 is 0 Å². The molecule has 1 aliphatic carbocycles. The molecule has 0 spiro atoms. The second kappa shape index (κ2) is 4.57. The summed E-state index contributed by atoms with van der Waals surface area (Å²) in [7, 11) is 0. The molecule has 0 saturated carbocycles. The molecule has 0 bridgehead atoms. The summed E-state index contributed by atoms with van der Waals surface area (Å²) in [6.45, 7) is 0. The lowest BCUT2D eigenvalue weighted by atomic mass is 9.94. The molecule has 17 heavy (non-hydrogen) atoms. The molecule has 0 N–H and O–H groups in total. The Kier molecular flexibility index (Phi) is 2.93. The van der Waals surface area contributed by atoms with Crippen molar-refractivity contribution >= 4 is 17.7 Å². The Bertz CT molecular complexity index is 464. The van der Waals surface area contributed by atoms with Crippen LogP contribution in [0.4, 0.5) is 0 Å². The number of hydrogen-bond donors (Lipinski definition) is 0. The molecule has 0 saturated heterocycles. The summed E-state index contributed by atoms with van der Waals surface area (Å²) in [4.78, 5) is 12.9. The summed E-state index contributed by atoms with van der Waals surface area (Å²) in [6, 6.07) is 10.1. The molecule has 1 unspecified atom stereocenters. The maximum absolute atomic E-state index is 11.7. The standard InChI is InChI=1S/C14H14O2S/c15-13-11-8-4-5-9-12(11)14(16-13)17-10-6-2-1-3-7-10/h1-3,6-7,14H,4-5,8-9H2. The van der Waals surface area contributed by atoms with Gasteiger partial charge in [0.05, 0.1) is 0 Å². The fraction of sp³-hybridized carbons (Fsp3) is 0.357. The van der Waals surface area contributed by atoms with E-state index in [0.29, 0.717) is 0 Å². The van der Waals surface area contributed by atoms with E-state index in [2.05, 4.69) is 12.1 Å². The van der Waals surface area contributed by atoms with Crippen molar-refractivity contribution in [1.29, 1.82) is 0 Å². The van der Waals surface area contributed by atoms with Crippen LogP contribution in [0.2, 0.25) is 0 Å². The van der Waals surface area contributed by atoms with Gasteiger partial charge >= 0.3 is 5.97 Å². The van der Waals surface area contributed by atoms with Crippen molar-refractivity contribution < 1.29 is 9.53 Å². The van der Waals surface area contributed by atoms with Crippen LogP contribution in [0.1, 0.15) is 25.7 Å². The summed E-state index contributed by atoms with van der Waals surface area (Å²) >= 11 is 1.64. The van der Waals surface area contributed by atoms with E-state index in [4.69, 9.17) is 4.74 Å². The first-order chi connectivity index (χ1) is 8.34. The molecule has 3 rings (SSSR count). The van der Waals surface area contributed by atoms with Gasteiger partial charge in [0.15, 0.2) is 5.44 Å². The minimum atomic E-state index is -0.0897. The monoisotopic (exact) mass is 246 g/mol. The number of carbonyl (C=O) groups excluding carboxylic acids is 1. The van der Waals surface area contributed by atoms with Crippen LogP contribution >= 0.6 is 11.8 Å². The molecule has 0 amide bonds. The fourth-order valence-electron chi connectivity index (χ4n) is 2.38. The van der Waals surface area contributed by atoms with Crippen molar-refractivity contribution in [2.45, 2.75) is 36.0 Å². The van der Waals surface area contributed by atoms with Gasteiger partial charge in [-0.05, 0) is 43.4 Å². The Labute approximate surface area is 105 Å². The number of hydrogen-bond acceptors (Lipinski definition) is 3. The van der Waals surface area contributed by atoms with Gasteiger partial charge in [0, 0.05) is 10.5 Å². The van der Waals surface area contributed by atoms with Crippen molar-refractivity contribution in [3.05, 3.63) is 41.5 Å². The molecule has 1 aromatic rings. The molecular formula is C14H14O2S. The molecule has 0 radical (unpaired) electrons. The van der Waals surface area contributed by atoms with Crippen LogP contribution in [-0.2, 0) is 9.53 Å². The number of cyclic esters (lactones) is 1. The maximum atomic E-state index is 11.7. The van der Waals surface area contributed by atoms with Gasteiger partial charge in [0.25, 0.3) is 0 Å². The summed E-state index contributed by atoms with van der Waals surface area (Å²) in [5.41, 5.74) is 2.10. The normalized spacial score (nSPS) is 23.5. The molecular weight excluding hydrogens is 232 g/mol. The Morgan fingerprint density at radius 1 is 1.12 bits per heavy atom. The highest BCUT2D eigenvalue weighted by Crippen LogP contribution is 2.41. The van der Waals surface area contributed by atoms with E-state index >= 15 is 0 Å². The van der Waals surface area contributed by atoms with E-state index in [0.717, 1.165) is 29.7 Å². The van der Waals surface area contributed by atoms with Crippen molar-refractivity contribution in [3.8, 4) is 0 Å². The molecule has 0 fully saturated rings. The molecule has 2 nitrogen and oxygen atoms in total. The number of benzene rings is 1. The van der Waals surface area contributed by atoms with Crippen molar-refractivity contribution in [2.24, 2.45) is 0 Å². The van der Waals surface area contributed by atoms with Crippen LogP contribution in [0.15, 0.2) is 46.4 Å². The number of esters is 1. The second-order valence-electron chi connectivity index (χ2n) is 4.38. The van der Waals surface area contributed by atoms with E-state index in [1.807, 2.05) is 18.2 Å². The first-order valence-corrected chi connectivity index (χ1v) is 6.87. The molecule has 0 aromatic heterocycles. The third-order valence-corrected chi connectivity index (χ3v) is 4.38. The van der Waals surface area contributed by atoms with Crippen LogP contribution in [0.5, 0.6) is 0 Å². The fourth-order valence-corrected chi connectivity index (χ4v) is 3.48. The Morgan fingerprint density at radius 3 is 2.71 bits per heavy atom. The molecule has 1 atom stereocenters. The summed E-state index contributed by atoms with van der Waals surface area (Å²) in [5.74, 6) is -0.0897. The van der Waals surface area contributed by atoms with E-state index in [9.17, 15) is 4.79 Å². The first-order valence-electron chi connectivity index (χ1n) is 5.99. The average Bonchev–Trinajstić information content (AvgIpc) is 2.69. The molecule has 2 aliphatic rings. The van der Waals surface area contributed by atoms with Crippen LogP contribution in [0.25, 0.3) is 0 Å². The average molecular weight is 246 g/mol. The highest BCUT2D eigenvalue weighted by atomic mass is 32.2. The number of ether oxygens (including phenoxy) is 1. The van der Waals surface area contributed by atoms with Gasteiger partial charge in [-0.25, -0.2) is 4.79 Å². The van der Waals surface area contributed by atoms with Crippen LogP contribution in [-0.4, -0.2) is 11.4 Å². The summed E-state index contributed by atoms with van der Waals surface area (Å²) in [6.07, 6.45) is 4.23. The Hall–Kier alpha value is -1.22. The highest BCUT2D eigenvalue weighted by Gasteiger charge is 2.35. The van der Waals surface area contributed by atoms with Crippen molar-refractivity contribution in [3.63, 3.8) is 0 Å². The van der Waals surface area contributed by atoms with Gasteiger partial charge in [-0.15, -0.1) is 0 Å². The number of rotatable bonds is 2. The smallest absolute Gasteiger partial charge is 0.335 e. The lowest BCUT2D eigenvalue weighted by Crippen LogP contribution is -2.06.